The molecule has 5 nitrogen and oxygen atoms in total. The number of amides is 2. The number of carbonyl (C=O) groups excluding carboxylic acids is 1. The van der Waals surface area contributed by atoms with E-state index in [0.29, 0.717) is 6.54 Å². The number of nitrogens with zero attached hydrogens (tertiary/aromatic N) is 1. The van der Waals surface area contributed by atoms with Gasteiger partial charge in [0.2, 0.25) is 0 Å². The van der Waals surface area contributed by atoms with Gasteiger partial charge < -0.3 is 15.7 Å². The zero-order valence-corrected chi connectivity index (χ0v) is 10.1. The zero-order chi connectivity index (χ0) is 11.8. The van der Waals surface area contributed by atoms with Gasteiger partial charge in [0.25, 0.3) is 0 Å². The maximum Gasteiger partial charge on any atom is 0.314 e. The zero-order valence-electron chi connectivity index (χ0n) is 9.32. The number of carbonyl (C=O) groups is 1. The summed E-state index contributed by atoms with van der Waals surface area (Å²) in [5, 5.41) is 14.8. The molecule has 0 unspecified atom stereocenters. The molecule has 90 valence electrons. The number of nitrogens with one attached hydrogen (secondary N) is 2. The highest BCUT2D eigenvalue weighted by molar-refractivity contribution is 7.11. The van der Waals surface area contributed by atoms with Crippen LogP contribution in [0.3, 0.4) is 0 Å². The van der Waals surface area contributed by atoms with E-state index in [9.17, 15) is 4.79 Å². The molecule has 1 rings (SSSR count). The molecule has 1 aromatic heterocycles. The molecule has 0 atom stereocenters. The summed E-state index contributed by atoms with van der Waals surface area (Å²) in [5.74, 6) is 0. The lowest BCUT2D eigenvalue weighted by molar-refractivity contribution is 0.234. The molecule has 0 fully saturated rings. The van der Waals surface area contributed by atoms with Crippen LogP contribution in [-0.2, 0) is 12.8 Å². The summed E-state index contributed by atoms with van der Waals surface area (Å²) < 4.78 is 0. The van der Waals surface area contributed by atoms with Gasteiger partial charge in [-0.1, -0.05) is 6.92 Å². The summed E-state index contributed by atoms with van der Waals surface area (Å²) in [6, 6.07) is -0.249. The third kappa shape index (κ3) is 4.59. The Hall–Kier alpha value is -1.14. The smallest absolute Gasteiger partial charge is 0.314 e. The van der Waals surface area contributed by atoms with E-state index >= 15 is 0 Å². The molecule has 0 aliphatic carbocycles. The Kier molecular flexibility index (Phi) is 5.81. The van der Waals surface area contributed by atoms with Crippen molar-refractivity contribution in [1.29, 1.82) is 0 Å². The van der Waals surface area contributed by atoms with Gasteiger partial charge in [-0.3, -0.25) is 0 Å². The first-order valence-corrected chi connectivity index (χ1v) is 6.14. The number of aliphatic hydroxyl groups is 1. The maximum absolute atomic E-state index is 11.1. The van der Waals surface area contributed by atoms with Crippen LogP contribution in [0.2, 0.25) is 0 Å². The van der Waals surface area contributed by atoms with Gasteiger partial charge in [0.05, 0.1) is 11.6 Å². The lowest BCUT2D eigenvalue weighted by atomic mass is 10.4. The van der Waals surface area contributed by atoms with E-state index in [2.05, 4.69) is 22.5 Å². The molecule has 0 radical (unpaired) electrons. The number of thiazole rings is 1. The van der Waals surface area contributed by atoms with Gasteiger partial charge in [-0.05, 0) is 6.42 Å². The van der Waals surface area contributed by atoms with Crippen molar-refractivity contribution in [3.63, 3.8) is 0 Å². The number of aliphatic hydroxyl groups excluding tert-OH is 1. The molecule has 0 saturated carbocycles. The van der Waals surface area contributed by atoms with Gasteiger partial charge in [0, 0.05) is 30.6 Å². The summed E-state index contributed by atoms with van der Waals surface area (Å²) in [5.41, 5.74) is 0. The van der Waals surface area contributed by atoms with Gasteiger partial charge >= 0.3 is 6.03 Å². The maximum atomic E-state index is 11.1. The molecule has 2 amide bonds. The second kappa shape index (κ2) is 7.19. The molecular formula is C10H17N3O2S. The lowest BCUT2D eigenvalue weighted by Gasteiger charge is -2.04. The molecule has 0 aliphatic heterocycles. The lowest BCUT2D eigenvalue weighted by Crippen LogP contribution is -2.37. The van der Waals surface area contributed by atoms with E-state index in [4.69, 9.17) is 5.11 Å². The van der Waals surface area contributed by atoms with Crippen LogP contribution in [0.25, 0.3) is 0 Å². The monoisotopic (exact) mass is 243 g/mol. The van der Waals surface area contributed by atoms with Crippen LogP contribution in [0, 0.1) is 0 Å². The van der Waals surface area contributed by atoms with Crippen molar-refractivity contribution >= 4 is 17.4 Å². The Morgan fingerprint density at radius 1 is 1.50 bits per heavy atom. The van der Waals surface area contributed by atoms with Crippen LogP contribution < -0.4 is 10.6 Å². The molecule has 6 heteroatoms. The van der Waals surface area contributed by atoms with E-state index in [1.54, 1.807) is 11.3 Å². The van der Waals surface area contributed by atoms with Crippen LogP contribution in [0.1, 0.15) is 16.8 Å². The van der Waals surface area contributed by atoms with Gasteiger partial charge in [0.15, 0.2) is 0 Å². The minimum atomic E-state index is -0.249. The van der Waals surface area contributed by atoms with Crippen LogP contribution in [0.5, 0.6) is 0 Å². The summed E-state index contributed by atoms with van der Waals surface area (Å²) in [4.78, 5) is 16.6. The molecule has 16 heavy (non-hydrogen) atoms. The fourth-order valence-corrected chi connectivity index (χ4v) is 2.00. The molecular weight excluding hydrogens is 226 g/mol. The molecule has 0 bridgehead atoms. The normalized spacial score (nSPS) is 10.1. The standard InChI is InChI=1S/C10H17N3O2S/c1-2-8-7-13-9(16-8)3-4-11-10(15)12-5-6-14/h7,14H,2-6H2,1H3,(H2,11,12,15). The highest BCUT2D eigenvalue weighted by Gasteiger charge is 2.02. The minimum absolute atomic E-state index is 0.0419. The quantitative estimate of drug-likeness (QED) is 0.682. The Morgan fingerprint density at radius 2 is 2.25 bits per heavy atom. The van der Waals surface area contributed by atoms with E-state index in [-0.39, 0.29) is 19.2 Å². The Morgan fingerprint density at radius 3 is 2.88 bits per heavy atom. The van der Waals surface area contributed by atoms with Crippen LogP contribution in [0.15, 0.2) is 6.20 Å². The minimum Gasteiger partial charge on any atom is -0.395 e. The predicted octanol–water partition coefficient (Wildman–Crippen LogP) is 0.540. The molecule has 0 spiro atoms. The van der Waals surface area contributed by atoms with Crippen molar-refractivity contribution in [2.45, 2.75) is 19.8 Å². The van der Waals surface area contributed by atoms with Gasteiger partial charge in [0.1, 0.15) is 0 Å². The molecule has 0 aliphatic rings. The van der Waals surface area contributed by atoms with Crippen molar-refractivity contribution in [3.05, 3.63) is 16.1 Å². The molecule has 0 aromatic carbocycles. The van der Waals surface area contributed by atoms with Crippen molar-refractivity contribution in [1.82, 2.24) is 15.6 Å². The van der Waals surface area contributed by atoms with Crippen molar-refractivity contribution in [3.8, 4) is 0 Å². The second-order valence-corrected chi connectivity index (χ2v) is 4.43. The summed E-state index contributed by atoms with van der Waals surface area (Å²) in [6.45, 7) is 2.90. The average molecular weight is 243 g/mol. The molecule has 1 aromatic rings. The Balaban J connectivity index is 2.17. The highest BCUT2D eigenvalue weighted by Crippen LogP contribution is 2.13. The number of hydrogen-bond acceptors (Lipinski definition) is 4. The third-order valence-corrected chi connectivity index (χ3v) is 3.17. The third-order valence-electron chi connectivity index (χ3n) is 1.97. The first kappa shape index (κ1) is 12.9. The van der Waals surface area contributed by atoms with Crippen LogP contribution in [-0.4, -0.2) is 35.8 Å². The van der Waals surface area contributed by atoms with E-state index in [1.807, 2.05) is 6.20 Å². The Labute approximate surface area is 98.9 Å². The first-order chi connectivity index (χ1) is 7.76. The largest absolute Gasteiger partial charge is 0.395 e. The van der Waals surface area contributed by atoms with Gasteiger partial charge in [-0.15, -0.1) is 11.3 Å². The fraction of sp³-hybridized carbons (Fsp3) is 0.600. The van der Waals surface area contributed by atoms with Crippen molar-refractivity contribution in [2.24, 2.45) is 0 Å². The number of aromatic nitrogens is 1. The number of urea groups is 1. The van der Waals surface area contributed by atoms with Crippen LogP contribution in [0.4, 0.5) is 4.79 Å². The average Bonchev–Trinajstić information content (AvgIpc) is 2.74. The highest BCUT2D eigenvalue weighted by atomic mass is 32.1. The molecule has 3 N–H and O–H groups in total. The number of hydrogen-bond donors (Lipinski definition) is 3. The van der Waals surface area contributed by atoms with Gasteiger partial charge in [-0.25, -0.2) is 9.78 Å². The first-order valence-electron chi connectivity index (χ1n) is 5.32. The summed E-state index contributed by atoms with van der Waals surface area (Å²) in [7, 11) is 0. The summed E-state index contributed by atoms with van der Waals surface area (Å²) in [6.07, 6.45) is 3.63. The number of aryl methyl sites for hydroxylation is 1. The summed E-state index contributed by atoms with van der Waals surface area (Å²) >= 11 is 1.68. The fourth-order valence-electron chi connectivity index (χ4n) is 1.14. The van der Waals surface area contributed by atoms with Crippen molar-refractivity contribution in [2.75, 3.05) is 19.7 Å². The molecule has 0 saturated heterocycles. The topological polar surface area (TPSA) is 74.2 Å². The second-order valence-electron chi connectivity index (χ2n) is 3.23. The van der Waals surface area contributed by atoms with Crippen LogP contribution >= 0.6 is 11.3 Å². The Bertz CT molecular complexity index is 328. The molecule has 1 heterocycles. The van der Waals surface area contributed by atoms with E-state index in [1.165, 1.54) is 4.88 Å². The SMILES string of the molecule is CCc1cnc(CCNC(=O)NCCO)s1. The number of rotatable bonds is 6. The van der Waals surface area contributed by atoms with Gasteiger partial charge in [-0.2, -0.15) is 0 Å². The predicted molar refractivity (Wildman–Crippen MR) is 63.7 cm³/mol. The van der Waals surface area contributed by atoms with E-state index in [0.717, 1.165) is 17.8 Å². The van der Waals surface area contributed by atoms with E-state index < -0.39 is 0 Å². The van der Waals surface area contributed by atoms with Crippen molar-refractivity contribution < 1.29 is 9.90 Å².